The fourth-order valence-corrected chi connectivity index (χ4v) is 1.58. The third-order valence-electron chi connectivity index (χ3n) is 2.66. The van der Waals surface area contributed by atoms with Gasteiger partial charge in [0.2, 0.25) is 5.91 Å². The van der Waals surface area contributed by atoms with Gasteiger partial charge in [0, 0.05) is 24.7 Å². The van der Waals surface area contributed by atoms with Gasteiger partial charge in [-0.25, -0.2) is 4.79 Å². The van der Waals surface area contributed by atoms with Crippen molar-refractivity contribution in [3.63, 3.8) is 0 Å². The number of nitrogens with one attached hydrogen (secondary N) is 2. The molecule has 0 aliphatic heterocycles. The smallest absolute Gasteiger partial charge is 0.335 e. The third-order valence-corrected chi connectivity index (χ3v) is 2.66. The van der Waals surface area contributed by atoms with Crippen LogP contribution in [0.3, 0.4) is 0 Å². The van der Waals surface area contributed by atoms with E-state index >= 15 is 0 Å². The highest BCUT2D eigenvalue weighted by Crippen LogP contribution is 2.17. The number of benzene rings is 1. The zero-order chi connectivity index (χ0) is 14.4. The first-order valence-electron chi connectivity index (χ1n) is 6.27. The molecule has 0 unspecified atom stereocenters. The molecule has 0 bridgehead atoms. The minimum atomic E-state index is -1.00. The molecule has 0 spiro atoms. The summed E-state index contributed by atoms with van der Waals surface area (Å²) in [4.78, 5) is 22.6. The number of carbonyl (C=O) groups is 2. The van der Waals surface area contributed by atoms with Gasteiger partial charge in [-0.3, -0.25) is 4.79 Å². The van der Waals surface area contributed by atoms with Gasteiger partial charge in [-0.1, -0.05) is 19.9 Å². The van der Waals surface area contributed by atoms with E-state index in [0.717, 1.165) is 5.56 Å². The summed E-state index contributed by atoms with van der Waals surface area (Å²) in [5, 5.41) is 14.8. The van der Waals surface area contributed by atoms with Crippen LogP contribution in [-0.2, 0) is 4.79 Å². The van der Waals surface area contributed by atoms with Crippen molar-refractivity contribution >= 4 is 17.6 Å². The summed E-state index contributed by atoms with van der Waals surface area (Å²) in [6.45, 7) is 6.45. The van der Waals surface area contributed by atoms with Crippen LogP contribution in [0.25, 0.3) is 0 Å². The van der Waals surface area contributed by atoms with Crippen molar-refractivity contribution in [3.8, 4) is 0 Å². The molecule has 0 heterocycles. The number of carboxylic acids is 1. The Morgan fingerprint density at radius 1 is 1.32 bits per heavy atom. The Kier molecular flexibility index (Phi) is 5.51. The lowest BCUT2D eigenvalue weighted by Gasteiger charge is -2.11. The third kappa shape index (κ3) is 5.09. The predicted octanol–water partition coefficient (Wildman–Crippen LogP) is 2.02. The summed E-state index contributed by atoms with van der Waals surface area (Å²) < 4.78 is 0. The van der Waals surface area contributed by atoms with Gasteiger partial charge in [0.1, 0.15) is 0 Å². The summed E-state index contributed by atoms with van der Waals surface area (Å²) in [7, 11) is 0. The first kappa shape index (κ1) is 15.2. The summed E-state index contributed by atoms with van der Waals surface area (Å²) in [5.74, 6) is -1.13. The first-order valence-corrected chi connectivity index (χ1v) is 6.27. The lowest BCUT2D eigenvalue weighted by atomic mass is 10.1. The van der Waals surface area contributed by atoms with Crippen LogP contribution in [0.15, 0.2) is 18.2 Å². The molecule has 0 atom stereocenters. The second-order valence-electron chi connectivity index (χ2n) is 4.74. The Bertz CT molecular complexity index is 470. The van der Waals surface area contributed by atoms with E-state index in [1.165, 1.54) is 12.1 Å². The fraction of sp³-hybridized carbons (Fsp3) is 0.429. The van der Waals surface area contributed by atoms with Crippen molar-refractivity contribution in [1.29, 1.82) is 0 Å². The van der Waals surface area contributed by atoms with Crippen molar-refractivity contribution < 1.29 is 14.7 Å². The summed E-state index contributed by atoms with van der Waals surface area (Å²) in [6, 6.07) is 5.02. The molecule has 0 radical (unpaired) electrons. The number of aryl methyl sites for hydroxylation is 1. The van der Waals surface area contributed by atoms with E-state index in [1.807, 2.05) is 20.8 Å². The van der Waals surface area contributed by atoms with E-state index < -0.39 is 5.97 Å². The molecule has 0 fully saturated rings. The molecule has 1 aromatic carbocycles. The fourth-order valence-electron chi connectivity index (χ4n) is 1.58. The van der Waals surface area contributed by atoms with Crippen LogP contribution < -0.4 is 10.6 Å². The van der Waals surface area contributed by atoms with E-state index in [4.69, 9.17) is 5.11 Å². The normalized spacial score (nSPS) is 10.5. The lowest BCUT2D eigenvalue weighted by Crippen LogP contribution is -2.27. The van der Waals surface area contributed by atoms with E-state index in [0.29, 0.717) is 24.7 Å². The Morgan fingerprint density at radius 2 is 2.00 bits per heavy atom. The molecular formula is C14H20N2O3. The topological polar surface area (TPSA) is 78.4 Å². The van der Waals surface area contributed by atoms with Crippen LogP contribution in [-0.4, -0.2) is 29.6 Å². The minimum absolute atomic E-state index is 0.126. The number of carbonyl (C=O) groups excluding carboxylic acids is 1. The molecule has 0 aliphatic rings. The number of rotatable bonds is 6. The highest BCUT2D eigenvalue weighted by Gasteiger charge is 2.09. The number of aromatic carboxylic acids is 1. The molecular weight excluding hydrogens is 244 g/mol. The molecule has 1 rings (SSSR count). The average molecular weight is 264 g/mol. The van der Waals surface area contributed by atoms with Gasteiger partial charge < -0.3 is 15.7 Å². The maximum absolute atomic E-state index is 11.7. The second kappa shape index (κ2) is 6.89. The average Bonchev–Trinajstić information content (AvgIpc) is 2.31. The number of carboxylic acid groups (broad SMARTS) is 1. The maximum Gasteiger partial charge on any atom is 0.335 e. The zero-order valence-corrected chi connectivity index (χ0v) is 11.5. The molecule has 0 aliphatic carbocycles. The van der Waals surface area contributed by atoms with Gasteiger partial charge in [0.25, 0.3) is 0 Å². The molecule has 0 saturated heterocycles. The Morgan fingerprint density at radius 3 is 2.58 bits per heavy atom. The second-order valence-corrected chi connectivity index (χ2v) is 4.74. The van der Waals surface area contributed by atoms with Gasteiger partial charge in [-0.05, 0) is 24.6 Å². The molecule has 104 valence electrons. The summed E-state index contributed by atoms with van der Waals surface area (Å²) in [6.07, 6.45) is 0.356. The minimum Gasteiger partial charge on any atom is -0.478 e. The predicted molar refractivity (Wildman–Crippen MR) is 74.5 cm³/mol. The highest BCUT2D eigenvalue weighted by atomic mass is 16.4. The zero-order valence-electron chi connectivity index (χ0n) is 11.5. The van der Waals surface area contributed by atoms with E-state index in [1.54, 1.807) is 6.07 Å². The molecule has 1 aromatic rings. The van der Waals surface area contributed by atoms with E-state index in [9.17, 15) is 9.59 Å². The SMILES string of the molecule is Cc1ccc(C(=O)O)cc1NC(=O)CCNC(C)C. The number of anilines is 1. The van der Waals surface area contributed by atoms with Gasteiger partial charge in [0.05, 0.1) is 5.56 Å². The number of hydrogen-bond acceptors (Lipinski definition) is 3. The number of amides is 1. The Hall–Kier alpha value is -1.88. The molecule has 1 amide bonds. The van der Waals surface area contributed by atoms with Crippen LogP contribution in [0.5, 0.6) is 0 Å². The van der Waals surface area contributed by atoms with Crippen molar-refractivity contribution in [2.75, 3.05) is 11.9 Å². The van der Waals surface area contributed by atoms with E-state index in [2.05, 4.69) is 10.6 Å². The van der Waals surface area contributed by atoms with Crippen LogP contribution >= 0.6 is 0 Å². The van der Waals surface area contributed by atoms with Crippen molar-refractivity contribution in [1.82, 2.24) is 5.32 Å². The molecule has 0 saturated carbocycles. The molecule has 0 aromatic heterocycles. The van der Waals surface area contributed by atoms with Crippen LogP contribution in [0, 0.1) is 6.92 Å². The summed E-state index contributed by atoms with van der Waals surface area (Å²) >= 11 is 0. The summed E-state index contributed by atoms with van der Waals surface area (Å²) in [5.41, 5.74) is 1.56. The van der Waals surface area contributed by atoms with Crippen molar-refractivity contribution in [3.05, 3.63) is 29.3 Å². The largest absolute Gasteiger partial charge is 0.478 e. The van der Waals surface area contributed by atoms with Gasteiger partial charge >= 0.3 is 5.97 Å². The van der Waals surface area contributed by atoms with Crippen LogP contribution in [0.2, 0.25) is 0 Å². The van der Waals surface area contributed by atoms with Gasteiger partial charge in [-0.2, -0.15) is 0 Å². The number of hydrogen-bond donors (Lipinski definition) is 3. The van der Waals surface area contributed by atoms with Gasteiger partial charge in [0.15, 0.2) is 0 Å². The van der Waals surface area contributed by atoms with E-state index in [-0.39, 0.29) is 11.5 Å². The molecule has 5 heteroatoms. The maximum atomic E-state index is 11.7. The van der Waals surface area contributed by atoms with Crippen LogP contribution in [0.4, 0.5) is 5.69 Å². The monoisotopic (exact) mass is 264 g/mol. The van der Waals surface area contributed by atoms with Crippen molar-refractivity contribution in [2.45, 2.75) is 33.2 Å². The first-order chi connectivity index (χ1) is 8.90. The molecule has 19 heavy (non-hydrogen) atoms. The Labute approximate surface area is 113 Å². The molecule has 3 N–H and O–H groups in total. The highest BCUT2D eigenvalue weighted by molar-refractivity contribution is 5.94. The lowest BCUT2D eigenvalue weighted by molar-refractivity contribution is -0.116. The van der Waals surface area contributed by atoms with Gasteiger partial charge in [-0.15, -0.1) is 0 Å². The Balaban J connectivity index is 2.63. The standard InChI is InChI=1S/C14H20N2O3/c1-9(2)15-7-6-13(17)16-12-8-11(14(18)19)5-4-10(12)3/h4-5,8-9,15H,6-7H2,1-3H3,(H,16,17)(H,18,19). The molecule has 5 nitrogen and oxygen atoms in total. The quantitative estimate of drug-likeness (QED) is 0.734. The van der Waals surface area contributed by atoms with Crippen molar-refractivity contribution in [2.24, 2.45) is 0 Å². The van der Waals surface area contributed by atoms with Crippen LogP contribution in [0.1, 0.15) is 36.2 Å².